The van der Waals surface area contributed by atoms with Crippen LogP contribution in [0.15, 0.2) is 5.16 Å². The number of amidine groups is 1. The first-order valence-electron chi connectivity index (χ1n) is 5.56. The number of carbonyl (C=O) groups excluding carboxylic acids is 1. The van der Waals surface area contributed by atoms with Gasteiger partial charge in [0.25, 0.3) is 0 Å². The van der Waals surface area contributed by atoms with E-state index in [9.17, 15) is 4.79 Å². The average Bonchev–Trinajstić information content (AvgIpc) is 2.31. The first kappa shape index (κ1) is 14.5. The molecule has 0 saturated carbocycles. The summed E-state index contributed by atoms with van der Waals surface area (Å²) in [5.74, 6) is -0.0148. The summed E-state index contributed by atoms with van der Waals surface area (Å²) < 4.78 is 0. The van der Waals surface area contributed by atoms with Gasteiger partial charge < -0.3 is 21.2 Å². The highest BCUT2D eigenvalue weighted by atomic mass is 16.4. The molecule has 94 valence electrons. The van der Waals surface area contributed by atoms with Crippen LogP contribution in [0.25, 0.3) is 0 Å². The number of nitrogens with one attached hydrogen (secondary N) is 1. The van der Waals surface area contributed by atoms with E-state index in [0.717, 1.165) is 6.42 Å². The van der Waals surface area contributed by atoms with Crippen LogP contribution in [0.3, 0.4) is 0 Å². The average molecular weight is 230 g/mol. The number of oxime groups is 1. The maximum absolute atomic E-state index is 11.7. The summed E-state index contributed by atoms with van der Waals surface area (Å²) in [6, 6.07) is -0.109. The summed E-state index contributed by atoms with van der Waals surface area (Å²) in [4.78, 5) is 13.3. The van der Waals surface area contributed by atoms with Gasteiger partial charge in [-0.25, -0.2) is 4.79 Å². The zero-order valence-corrected chi connectivity index (χ0v) is 10.2. The molecule has 6 heteroatoms. The van der Waals surface area contributed by atoms with E-state index < -0.39 is 0 Å². The summed E-state index contributed by atoms with van der Waals surface area (Å²) >= 11 is 0. The molecule has 0 fully saturated rings. The van der Waals surface area contributed by atoms with Crippen LogP contribution in [-0.2, 0) is 0 Å². The van der Waals surface area contributed by atoms with Crippen molar-refractivity contribution >= 4 is 11.9 Å². The molecular weight excluding hydrogens is 208 g/mol. The van der Waals surface area contributed by atoms with Crippen molar-refractivity contribution < 1.29 is 10.0 Å². The molecular formula is C10H22N4O2. The summed E-state index contributed by atoms with van der Waals surface area (Å²) in [6.45, 7) is 7.40. The van der Waals surface area contributed by atoms with Gasteiger partial charge >= 0.3 is 6.03 Å². The van der Waals surface area contributed by atoms with Gasteiger partial charge in [-0.15, -0.1) is 0 Å². The number of rotatable bonds is 6. The molecule has 16 heavy (non-hydrogen) atoms. The second kappa shape index (κ2) is 7.78. The molecule has 0 aromatic carbocycles. The third-order valence-corrected chi connectivity index (χ3v) is 2.31. The first-order chi connectivity index (χ1) is 7.56. The van der Waals surface area contributed by atoms with Crippen LogP contribution in [0.2, 0.25) is 0 Å². The number of nitrogens with zero attached hydrogens (tertiary/aromatic N) is 2. The summed E-state index contributed by atoms with van der Waals surface area (Å²) in [6.07, 6.45) is 0.902. The minimum absolute atomic E-state index is 0.109. The van der Waals surface area contributed by atoms with E-state index in [1.165, 1.54) is 0 Å². The van der Waals surface area contributed by atoms with Gasteiger partial charge in [-0.3, -0.25) is 0 Å². The van der Waals surface area contributed by atoms with E-state index in [0.29, 0.717) is 19.6 Å². The largest absolute Gasteiger partial charge is 0.409 e. The van der Waals surface area contributed by atoms with Crippen LogP contribution in [0.1, 0.15) is 27.2 Å². The zero-order chi connectivity index (χ0) is 12.6. The predicted molar refractivity (Wildman–Crippen MR) is 63.5 cm³/mol. The minimum atomic E-state index is -0.155. The van der Waals surface area contributed by atoms with Crippen molar-refractivity contribution in [3.8, 4) is 0 Å². The zero-order valence-electron chi connectivity index (χ0n) is 10.2. The molecule has 6 nitrogen and oxygen atoms in total. The van der Waals surface area contributed by atoms with E-state index in [2.05, 4.69) is 10.5 Å². The van der Waals surface area contributed by atoms with E-state index in [4.69, 9.17) is 10.9 Å². The summed E-state index contributed by atoms with van der Waals surface area (Å²) in [7, 11) is 0. The van der Waals surface area contributed by atoms with Crippen molar-refractivity contribution in [1.29, 1.82) is 0 Å². The molecule has 0 saturated heterocycles. The quantitative estimate of drug-likeness (QED) is 0.273. The molecule has 1 atom stereocenters. The Kier molecular flexibility index (Phi) is 7.07. The van der Waals surface area contributed by atoms with Crippen LogP contribution in [0.5, 0.6) is 0 Å². The third-order valence-electron chi connectivity index (χ3n) is 2.31. The van der Waals surface area contributed by atoms with Gasteiger partial charge in [0.15, 0.2) is 0 Å². The predicted octanol–water partition coefficient (Wildman–Crippen LogP) is 0.810. The van der Waals surface area contributed by atoms with Gasteiger partial charge in [0.1, 0.15) is 5.84 Å². The fourth-order valence-electron chi connectivity index (χ4n) is 1.22. The fraction of sp³-hybridized carbons (Fsp3) is 0.800. The van der Waals surface area contributed by atoms with Gasteiger partial charge in [-0.1, -0.05) is 19.0 Å². The molecule has 0 spiro atoms. The molecule has 2 amide bonds. The Labute approximate surface area is 96.5 Å². The smallest absolute Gasteiger partial charge is 0.317 e. The molecule has 0 rings (SSSR count). The van der Waals surface area contributed by atoms with Crippen molar-refractivity contribution in [3.05, 3.63) is 0 Å². The lowest BCUT2D eigenvalue weighted by molar-refractivity contribution is 0.196. The lowest BCUT2D eigenvalue weighted by Gasteiger charge is -2.24. The maximum Gasteiger partial charge on any atom is 0.317 e. The number of carbonyl (C=O) groups is 1. The van der Waals surface area contributed by atoms with Gasteiger partial charge in [0.2, 0.25) is 0 Å². The van der Waals surface area contributed by atoms with Crippen molar-refractivity contribution in [2.75, 3.05) is 19.6 Å². The number of urea groups is 1. The molecule has 0 heterocycles. The Balaban J connectivity index is 4.23. The Morgan fingerprint density at radius 1 is 1.56 bits per heavy atom. The van der Waals surface area contributed by atoms with Gasteiger partial charge in [0.05, 0.1) is 0 Å². The number of nitrogens with two attached hydrogens (primary N) is 1. The third kappa shape index (κ3) is 4.86. The van der Waals surface area contributed by atoms with Crippen molar-refractivity contribution in [1.82, 2.24) is 10.2 Å². The molecule has 0 bridgehead atoms. The van der Waals surface area contributed by atoms with Crippen molar-refractivity contribution in [2.24, 2.45) is 16.8 Å². The molecule has 0 aliphatic rings. The standard InChI is InChI=1S/C10H22N4O2/c1-4-6-12-10(15)14(5-2)7-8(3)9(11)13-16/h8,16H,4-7H2,1-3H3,(H2,11,13)(H,12,15). The number of hydrogen-bond donors (Lipinski definition) is 3. The summed E-state index contributed by atoms with van der Waals surface area (Å²) in [5, 5.41) is 14.2. The molecule has 0 aliphatic heterocycles. The lowest BCUT2D eigenvalue weighted by atomic mass is 10.1. The molecule has 0 aliphatic carbocycles. The summed E-state index contributed by atoms with van der Waals surface area (Å²) in [5.41, 5.74) is 5.46. The SMILES string of the molecule is CCCNC(=O)N(CC)CC(C)C(N)=NO. The number of hydrogen-bond acceptors (Lipinski definition) is 3. The molecule has 0 aromatic heterocycles. The van der Waals surface area contributed by atoms with Crippen LogP contribution < -0.4 is 11.1 Å². The topological polar surface area (TPSA) is 91.0 Å². The van der Waals surface area contributed by atoms with Crippen LogP contribution in [-0.4, -0.2) is 41.6 Å². The molecule has 0 radical (unpaired) electrons. The van der Waals surface area contributed by atoms with E-state index in [1.54, 1.807) is 4.90 Å². The van der Waals surface area contributed by atoms with Gasteiger partial charge in [-0.2, -0.15) is 0 Å². The van der Waals surface area contributed by atoms with Gasteiger partial charge in [-0.05, 0) is 13.3 Å². The van der Waals surface area contributed by atoms with Gasteiger partial charge in [0, 0.05) is 25.6 Å². The van der Waals surface area contributed by atoms with Crippen LogP contribution >= 0.6 is 0 Å². The van der Waals surface area contributed by atoms with E-state index >= 15 is 0 Å². The van der Waals surface area contributed by atoms with Crippen LogP contribution in [0.4, 0.5) is 4.79 Å². The Bertz CT molecular complexity index is 243. The fourth-order valence-corrected chi connectivity index (χ4v) is 1.22. The first-order valence-corrected chi connectivity index (χ1v) is 5.56. The van der Waals surface area contributed by atoms with Crippen molar-refractivity contribution in [2.45, 2.75) is 27.2 Å². The molecule has 0 aromatic rings. The second-order valence-electron chi connectivity index (χ2n) is 3.70. The van der Waals surface area contributed by atoms with E-state index in [-0.39, 0.29) is 17.8 Å². The lowest BCUT2D eigenvalue weighted by Crippen LogP contribution is -2.44. The minimum Gasteiger partial charge on any atom is -0.409 e. The van der Waals surface area contributed by atoms with E-state index in [1.807, 2.05) is 20.8 Å². The Morgan fingerprint density at radius 3 is 2.62 bits per heavy atom. The maximum atomic E-state index is 11.7. The normalized spacial score (nSPS) is 13.3. The van der Waals surface area contributed by atoms with Crippen LogP contribution in [0, 0.1) is 5.92 Å². The van der Waals surface area contributed by atoms with Crippen molar-refractivity contribution in [3.63, 3.8) is 0 Å². The monoisotopic (exact) mass is 230 g/mol. The highest BCUT2D eigenvalue weighted by Gasteiger charge is 2.16. The molecule has 1 unspecified atom stereocenters. The Morgan fingerprint density at radius 2 is 2.19 bits per heavy atom. The Hall–Kier alpha value is -1.46. The highest BCUT2D eigenvalue weighted by molar-refractivity contribution is 5.83. The molecule has 4 N–H and O–H groups in total. The number of amides is 2. The highest BCUT2D eigenvalue weighted by Crippen LogP contribution is 2.00. The second-order valence-corrected chi connectivity index (χ2v) is 3.70.